The number of nitrogens with one attached hydrogen (secondary N) is 1. The zero-order valence-electron chi connectivity index (χ0n) is 16.1. The Bertz CT molecular complexity index is 1060. The number of pyridine rings is 2. The van der Waals surface area contributed by atoms with Crippen LogP contribution >= 0.6 is 12.2 Å². The van der Waals surface area contributed by atoms with Crippen molar-refractivity contribution >= 4 is 45.9 Å². The first-order valence-corrected chi connectivity index (χ1v) is 9.48. The molecule has 0 spiro atoms. The summed E-state index contributed by atoms with van der Waals surface area (Å²) in [6.45, 7) is 3.77. The molecule has 4 rings (SSSR count). The third kappa shape index (κ3) is 4.75. The van der Waals surface area contributed by atoms with Crippen molar-refractivity contribution < 1.29 is 19.8 Å². The summed E-state index contributed by atoms with van der Waals surface area (Å²) in [5.41, 5.74) is 3.63. The van der Waals surface area contributed by atoms with Gasteiger partial charge in [-0.3, -0.25) is 4.98 Å². The maximum absolute atomic E-state index is 9.10. The van der Waals surface area contributed by atoms with Crippen molar-refractivity contribution in [3.8, 4) is 11.3 Å². The first-order chi connectivity index (χ1) is 14.4. The van der Waals surface area contributed by atoms with Crippen LogP contribution in [-0.2, 0) is 9.59 Å². The minimum atomic E-state index is -1.82. The molecule has 1 aromatic rings. The van der Waals surface area contributed by atoms with Crippen LogP contribution < -0.4 is 0 Å². The Morgan fingerprint density at radius 3 is 2.50 bits per heavy atom. The average molecular weight is 428 g/mol. The molecule has 0 amide bonds. The summed E-state index contributed by atoms with van der Waals surface area (Å²) in [5, 5.41) is 25.2. The summed E-state index contributed by atoms with van der Waals surface area (Å²) < 4.78 is 0. The first kappa shape index (κ1) is 21.3. The largest absolute Gasteiger partial charge is 0.473 e. The van der Waals surface area contributed by atoms with E-state index in [4.69, 9.17) is 32.0 Å². The molecule has 0 aromatic carbocycles. The number of hydrogen-bond acceptors (Lipinski definition) is 6. The van der Waals surface area contributed by atoms with Gasteiger partial charge in [0.1, 0.15) is 11.2 Å². The lowest BCUT2D eigenvalue weighted by molar-refractivity contribution is -0.159. The molecule has 1 aliphatic carbocycles. The van der Waals surface area contributed by atoms with Gasteiger partial charge in [0.05, 0.1) is 5.69 Å². The number of carboxylic acids is 2. The highest BCUT2D eigenvalue weighted by Gasteiger charge is 2.20. The van der Waals surface area contributed by atoms with E-state index < -0.39 is 11.9 Å². The summed E-state index contributed by atoms with van der Waals surface area (Å²) >= 11 is 5.45. The predicted molar refractivity (Wildman–Crippen MR) is 114 cm³/mol. The van der Waals surface area contributed by atoms with E-state index in [1.165, 1.54) is 0 Å². The van der Waals surface area contributed by atoms with Crippen LogP contribution in [0.3, 0.4) is 0 Å². The van der Waals surface area contributed by atoms with E-state index in [0.29, 0.717) is 5.11 Å². The summed E-state index contributed by atoms with van der Waals surface area (Å²) in [6.07, 6.45) is 3.66. The number of likely N-dealkylation sites (N-methyl/N-ethyl adjacent to an activating group) is 1. The average Bonchev–Trinajstić information content (AvgIpc) is 3.07. The maximum atomic E-state index is 9.10. The lowest BCUT2D eigenvalue weighted by Crippen LogP contribution is -2.46. The number of piperazine rings is 1. The smallest absolute Gasteiger partial charge is 0.414 e. The van der Waals surface area contributed by atoms with Crippen molar-refractivity contribution in [3.63, 3.8) is 0 Å². The first-order valence-electron chi connectivity index (χ1n) is 9.07. The van der Waals surface area contributed by atoms with Crippen LogP contribution in [0.4, 0.5) is 5.69 Å². The third-order valence-electron chi connectivity index (χ3n) is 4.61. The van der Waals surface area contributed by atoms with Gasteiger partial charge in [-0.1, -0.05) is 12.1 Å². The summed E-state index contributed by atoms with van der Waals surface area (Å²) in [7, 11) is 2.12. The van der Waals surface area contributed by atoms with Crippen LogP contribution in [0.15, 0.2) is 46.9 Å². The van der Waals surface area contributed by atoms with Crippen molar-refractivity contribution in [2.45, 2.75) is 0 Å². The lowest BCUT2D eigenvalue weighted by Gasteiger charge is -2.32. The number of hydrogen-bond donors (Lipinski definition) is 3. The number of rotatable bonds is 1. The third-order valence-corrected chi connectivity index (χ3v) is 4.95. The van der Waals surface area contributed by atoms with Crippen molar-refractivity contribution in [1.29, 1.82) is 0 Å². The number of carbonyl (C=O) groups is 2. The number of carboxylic acid groups (broad SMARTS) is 2. The highest BCUT2D eigenvalue weighted by Crippen LogP contribution is 2.42. The molecule has 1 aromatic heterocycles. The van der Waals surface area contributed by atoms with E-state index in [9.17, 15) is 0 Å². The molecule has 0 atom stereocenters. The Morgan fingerprint density at radius 2 is 1.83 bits per heavy atom. The Labute approximate surface area is 177 Å². The molecule has 3 aliphatic rings. The summed E-state index contributed by atoms with van der Waals surface area (Å²) in [6, 6.07) is 8.03. The molecule has 2 aliphatic heterocycles. The number of aliphatic carboxylic acids is 2. The monoisotopic (exact) mass is 428 g/mol. The van der Waals surface area contributed by atoms with Crippen LogP contribution in [0.2, 0.25) is 0 Å². The van der Waals surface area contributed by atoms with Crippen LogP contribution in [-0.4, -0.2) is 80.3 Å². The molecule has 1 fully saturated rings. The zero-order chi connectivity index (χ0) is 21.7. The van der Waals surface area contributed by atoms with Gasteiger partial charge < -0.3 is 25.0 Å². The number of thiocarbonyl (C=S) groups is 1. The fraction of sp³-hybridized carbons (Fsp3) is 0.263. The summed E-state index contributed by atoms with van der Waals surface area (Å²) in [4.78, 5) is 30.3. The Hall–Kier alpha value is -3.44. The van der Waals surface area contributed by atoms with Gasteiger partial charge in [0, 0.05) is 49.5 Å². The molecule has 0 radical (unpaired) electrons. The molecular weight excluding hydrogens is 408 g/mol. The number of aromatic amines is 1. The topological polar surface area (TPSA) is 134 Å². The normalized spacial score (nSPS) is 14.6. The molecule has 0 saturated carbocycles. The Kier molecular flexibility index (Phi) is 6.65. The predicted octanol–water partition coefficient (Wildman–Crippen LogP) is 2.44. The van der Waals surface area contributed by atoms with E-state index in [1.54, 1.807) is 6.20 Å². The van der Waals surface area contributed by atoms with E-state index in [0.717, 1.165) is 54.0 Å². The van der Waals surface area contributed by atoms with E-state index in [-0.39, 0.29) is 0 Å². The minimum Gasteiger partial charge on any atom is -0.473 e. The van der Waals surface area contributed by atoms with Gasteiger partial charge in [-0.15, -0.1) is 10.2 Å². The number of fused-ring (bicyclic) bond motifs is 3. The second kappa shape index (κ2) is 9.37. The van der Waals surface area contributed by atoms with Crippen molar-refractivity contribution in [3.05, 3.63) is 36.7 Å². The fourth-order valence-electron chi connectivity index (χ4n) is 3.04. The molecule has 10 nitrogen and oxygen atoms in total. The van der Waals surface area contributed by atoms with E-state index >= 15 is 0 Å². The SMILES string of the molecule is CN1CCN(C(=S)N=Nc2c3[nH]cccc-3c3cccnc23)CC1.O=C(O)C(=O)O. The van der Waals surface area contributed by atoms with E-state index in [2.05, 4.69) is 49.2 Å². The highest BCUT2D eigenvalue weighted by molar-refractivity contribution is 7.80. The van der Waals surface area contributed by atoms with Gasteiger partial charge in [0.25, 0.3) is 0 Å². The standard InChI is InChI=1S/C17H18N6S.C2H2O4/c1-22-8-10-23(11-9-22)17(24)21-20-16-14-12(4-2-6-18-14)13-5-3-7-19-15(13)16;3-1(4)2(5)6/h2-7,18H,8-11H2,1H3;(H,3,4)(H,5,6). The molecule has 3 heterocycles. The number of azo groups is 1. The lowest BCUT2D eigenvalue weighted by atomic mass is 10.2. The van der Waals surface area contributed by atoms with Gasteiger partial charge >= 0.3 is 11.9 Å². The van der Waals surface area contributed by atoms with Gasteiger partial charge in [-0.05, 0) is 31.4 Å². The number of nitrogens with zero attached hydrogens (tertiary/aromatic N) is 5. The van der Waals surface area contributed by atoms with Gasteiger partial charge in [-0.25, -0.2) is 9.59 Å². The van der Waals surface area contributed by atoms with Crippen LogP contribution in [0.25, 0.3) is 22.2 Å². The number of aromatic nitrogens is 2. The maximum Gasteiger partial charge on any atom is 0.414 e. The second-order valence-corrected chi connectivity index (χ2v) is 6.96. The minimum absolute atomic E-state index is 0.539. The van der Waals surface area contributed by atoms with Crippen molar-refractivity contribution in [1.82, 2.24) is 19.8 Å². The molecule has 30 heavy (non-hydrogen) atoms. The van der Waals surface area contributed by atoms with Crippen LogP contribution in [0, 0.1) is 0 Å². The van der Waals surface area contributed by atoms with Gasteiger partial charge in [0.15, 0.2) is 0 Å². The number of H-pyrrole nitrogens is 1. The fourth-order valence-corrected chi connectivity index (χ4v) is 3.26. The van der Waals surface area contributed by atoms with Crippen LogP contribution in [0.5, 0.6) is 0 Å². The van der Waals surface area contributed by atoms with Gasteiger partial charge in [-0.2, -0.15) is 0 Å². The Balaban J connectivity index is 0.000000377. The Morgan fingerprint density at radius 1 is 1.13 bits per heavy atom. The van der Waals surface area contributed by atoms with Gasteiger partial charge in [0.2, 0.25) is 5.11 Å². The van der Waals surface area contributed by atoms with Crippen molar-refractivity contribution in [2.75, 3.05) is 33.2 Å². The molecule has 0 unspecified atom stereocenters. The highest BCUT2D eigenvalue weighted by atomic mass is 32.1. The zero-order valence-corrected chi connectivity index (χ0v) is 17.0. The summed E-state index contributed by atoms with van der Waals surface area (Å²) in [5.74, 6) is -3.65. The molecule has 156 valence electrons. The molecule has 0 bridgehead atoms. The van der Waals surface area contributed by atoms with Crippen molar-refractivity contribution in [2.24, 2.45) is 10.2 Å². The van der Waals surface area contributed by atoms with Crippen LogP contribution in [0.1, 0.15) is 0 Å². The molecular formula is C19H20N6O4S. The van der Waals surface area contributed by atoms with E-state index in [1.807, 2.05) is 18.3 Å². The molecule has 3 N–H and O–H groups in total. The molecule has 1 saturated heterocycles. The second-order valence-electron chi connectivity index (χ2n) is 6.59. The quantitative estimate of drug-likeness (QED) is 0.306. The molecule has 11 heteroatoms.